The Balaban J connectivity index is 1.52. The van der Waals surface area contributed by atoms with E-state index in [4.69, 9.17) is 4.74 Å². The molecular weight excluding hydrogens is 328 g/mol. The predicted octanol–water partition coefficient (Wildman–Crippen LogP) is 3.62. The molecule has 2 aromatic rings. The summed E-state index contributed by atoms with van der Waals surface area (Å²) in [5.41, 5.74) is 2.66. The molecule has 5 nitrogen and oxygen atoms in total. The summed E-state index contributed by atoms with van der Waals surface area (Å²) in [6.07, 6.45) is 5.56. The van der Waals surface area contributed by atoms with Crippen LogP contribution >= 0.6 is 0 Å². The minimum absolute atomic E-state index is 0.158. The van der Waals surface area contributed by atoms with Gasteiger partial charge in [-0.15, -0.1) is 0 Å². The van der Waals surface area contributed by atoms with Gasteiger partial charge in [-0.05, 0) is 43.7 Å². The molecule has 1 fully saturated rings. The summed E-state index contributed by atoms with van der Waals surface area (Å²) < 4.78 is 7.10. The third kappa shape index (κ3) is 4.09. The van der Waals surface area contributed by atoms with Gasteiger partial charge in [0.2, 0.25) is 5.91 Å². The SMILES string of the molecule is CCOC(=O)CCCC(=O)N1CCC(c2cn(C)c3ccccc23)CC1. The summed E-state index contributed by atoms with van der Waals surface area (Å²) in [6, 6.07) is 8.51. The topological polar surface area (TPSA) is 51.5 Å². The second-order valence-electron chi connectivity index (χ2n) is 7.03. The Morgan fingerprint density at radius 1 is 1.15 bits per heavy atom. The number of hydrogen-bond donors (Lipinski definition) is 0. The number of esters is 1. The quantitative estimate of drug-likeness (QED) is 0.743. The fraction of sp³-hybridized carbons (Fsp3) is 0.524. The Labute approximate surface area is 154 Å². The van der Waals surface area contributed by atoms with Crippen LogP contribution in [-0.2, 0) is 21.4 Å². The van der Waals surface area contributed by atoms with Crippen molar-refractivity contribution in [2.45, 2.75) is 44.9 Å². The molecule has 0 saturated carbocycles. The standard InChI is InChI=1S/C21H28N2O3/c1-3-26-21(25)10-6-9-20(24)23-13-11-16(12-14-23)18-15-22(2)19-8-5-4-7-17(18)19/h4-5,7-8,15-16H,3,6,9-14H2,1-2H3. The number of nitrogens with zero attached hydrogens (tertiary/aromatic N) is 2. The van der Waals surface area contributed by atoms with E-state index in [1.54, 1.807) is 6.92 Å². The molecule has 2 heterocycles. The molecule has 1 aliphatic rings. The molecule has 0 radical (unpaired) electrons. The molecule has 26 heavy (non-hydrogen) atoms. The molecule has 1 aromatic carbocycles. The molecule has 0 atom stereocenters. The third-order valence-electron chi connectivity index (χ3n) is 5.29. The molecule has 0 N–H and O–H groups in total. The predicted molar refractivity (Wildman–Crippen MR) is 102 cm³/mol. The Bertz CT molecular complexity index is 773. The summed E-state index contributed by atoms with van der Waals surface area (Å²) in [5.74, 6) is 0.449. The van der Waals surface area contributed by atoms with Gasteiger partial charge in [0, 0.05) is 50.1 Å². The van der Waals surface area contributed by atoms with Crippen LogP contribution in [0.1, 0.15) is 50.5 Å². The van der Waals surface area contributed by atoms with E-state index in [0.717, 1.165) is 25.9 Å². The van der Waals surface area contributed by atoms with Crippen LogP contribution in [0.25, 0.3) is 10.9 Å². The van der Waals surface area contributed by atoms with Crippen LogP contribution in [0.4, 0.5) is 0 Å². The number of hydrogen-bond acceptors (Lipinski definition) is 3. The van der Waals surface area contributed by atoms with Crippen molar-refractivity contribution in [3.05, 3.63) is 36.0 Å². The number of amides is 1. The van der Waals surface area contributed by atoms with Gasteiger partial charge in [0.1, 0.15) is 0 Å². The lowest BCUT2D eigenvalue weighted by Gasteiger charge is -2.32. The van der Waals surface area contributed by atoms with Gasteiger partial charge in [-0.1, -0.05) is 18.2 Å². The lowest BCUT2D eigenvalue weighted by molar-refractivity contribution is -0.143. The molecule has 0 bridgehead atoms. The van der Waals surface area contributed by atoms with Crippen molar-refractivity contribution in [3.63, 3.8) is 0 Å². The Hall–Kier alpha value is -2.30. The first kappa shape index (κ1) is 18.5. The van der Waals surface area contributed by atoms with Crippen molar-refractivity contribution in [2.24, 2.45) is 7.05 Å². The van der Waals surface area contributed by atoms with Crippen molar-refractivity contribution in [1.29, 1.82) is 0 Å². The number of fused-ring (bicyclic) bond motifs is 1. The van der Waals surface area contributed by atoms with Gasteiger partial charge in [-0.25, -0.2) is 0 Å². The smallest absolute Gasteiger partial charge is 0.305 e. The minimum atomic E-state index is -0.213. The van der Waals surface area contributed by atoms with Crippen LogP contribution < -0.4 is 0 Å². The highest BCUT2D eigenvalue weighted by Gasteiger charge is 2.25. The molecule has 1 amide bonds. The maximum absolute atomic E-state index is 12.4. The Kier molecular flexibility index (Phi) is 5.96. The number of para-hydroxylation sites is 1. The van der Waals surface area contributed by atoms with Gasteiger partial charge in [0.05, 0.1) is 6.61 Å². The van der Waals surface area contributed by atoms with E-state index < -0.39 is 0 Å². The normalized spacial score (nSPS) is 15.4. The van der Waals surface area contributed by atoms with E-state index in [-0.39, 0.29) is 11.9 Å². The maximum Gasteiger partial charge on any atom is 0.305 e. The Morgan fingerprint density at radius 3 is 2.62 bits per heavy atom. The molecule has 0 unspecified atom stereocenters. The number of aromatic nitrogens is 1. The van der Waals surface area contributed by atoms with E-state index in [1.807, 2.05) is 4.90 Å². The molecule has 5 heteroatoms. The number of carbonyl (C=O) groups is 2. The highest BCUT2D eigenvalue weighted by Crippen LogP contribution is 2.34. The van der Waals surface area contributed by atoms with Gasteiger partial charge >= 0.3 is 5.97 Å². The van der Waals surface area contributed by atoms with Gasteiger partial charge in [0.15, 0.2) is 0 Å². The number of piperidine rings is 1. The van der Waals surface area contributed by atoms with Crippen molar-refractivity contribution in [2.75, 3.05) is 19.7 Å². The average molecular weight is 356 g/mol. The minimum Gasteiger partial charge on any atom is -0.466 e. The van der Waals surface area contributed by atoms with E-state index >= 15 is 0 Å². The van der Waals surface area contributed by atoms with Gasteiger partial charge < -0.3 is 14.2 Å². The average Bonchev–Trinajstić information content (AvgIpc) is 2.99. The highest BCUT2D eigenvalue weighted by atomic mass is 16.5. The summed E-state index contributed by atoms with van der Waals surface area (Å²) in [4.78, 5) is 25.7. The number of aryl methyl sites for hydroxylation is 1. The summed E-state index contributed by atoms with van der Waals surface area (Å²) in [7, 11) is 2.09. The zero-order valence-electron chi connectivity index (χ0n) is 15.7. The summed E-state index contributed by atoms with van der Waals surface area (Å²) in [5, 5.41) is 1.33. The second-order valence-corrected chi connectivity index (χ2v) is 7.03. The van der Waals surface area contributed by atoms with Gasteiger partial charge in [-0.3, -0.25) is 9.59 Å². The summed E-state index contributed by atoms with van der Waals surface area (Å²) >= 11 is 0. The summed E-state index contributed by atoms with van der Waals surface area (Å²) in [6.45, 7) is 3.79. The van der Waals surface area contributed by atoms with Gasteiger partial charge in [-0.2, -0.15) is 0 Å². The second kappa shape index (κ2) is 8.39. The van der Waals surface area contributed by atoms with Crippen molar-refractivity contribution in [1.82, 2.24) is 9.47 Å². The maximum atomic E-state index is 12.4. The van der Waals surface area contributed by atoms with E-state index in [2.05, 4.69) is 42.1 Å². The lowest BCUT2D eigenvalue weighted by atomic mass is 9.89. The van der Waals surface area contributed by atoms with Crippen molar-refractivity contribution >= 4 is 22.8 Å². The van der Waals surface area contributed by atoms with Gasteiger partial charge in [0.25, 0.3) is 0 Å². The number of rotatable bonds is 6. The van der Waals surface area contributed by atoms with Crippen molar-refractivity contribution in [3.8, 4) is 0 Å². The number of ether oxygens (including phenoxy) is 1. The van der Waals surface area contributed by atoms with Crippen molar-refractivity contribution < 1.29 is 14.3 Å². The zero-order valence-corrected chi connectivity index (χ0v) is 15.7. The number of benzene rings is 1. The molecule has 0 spiro atoms. The Morgan fingerprint density at radius 2 is 1.88 bits per heavy atom. The first-order chi connectivity index (χ1) is 12.6. The fourth-order valence-electron chi connectivity index (χ4n) is 3.91. The lowest BCUT2D eigenvalue weighted by Crippen LogP contribution is -2.37. The monoisotopic (exact) mass is 356 g/mol. The molecule has 1 saturated heterocycles. The molecule has 140 valence electrons. The largest absolute Gasteiger partial charge is 0.466 e. The van der Waals surface area contributed by atoms with E-state index in [9.17, 15) is 9.59 Å². The van der Waals surface area contributed by atoms with Crippen LogP contribution in [0.15, 0.2) is 30.5 Å². The first-order valence-electron chi connectivity index (χ1n) is 9.57. The van der Waals surface area contributed by atoms with E-state index in [1.165, 1.54) is 16.5 Å². The highest BCUT2D eigenvalue weighted by molar-refractivity contribution is 5.84. The van der Waals surface area contributed by atoms with E-state index in [0.29, 0.717) is 31.8 Å². The third-order valence-corrected chi connectivity index (χ3v) is 5.29. The number of likely N-dealkylation sites (tertiary alicyclic amines) is 1. The first-order valence-corrected chi connectivity index (χ1v) is 9.57. The van der Waals surface area contributed by atoms with Crippen LogP contribution in [0.3, 0.4) is 0 Å². The van der Waals surface area contributed by atoms with Crippen LogP contribution in [0, 0.1) is 0 Å². The molecule has 1 aromatic heterocycles. The molecule has 0 aliphatic carbocycles. The zero-order chi connectivity index (χ0) is 18.5. The van der Waals surface area contributed by atoms with Crippen LogP contribution in [-0.4, -0.2) is 41.0 Å². The molecule has 3 rings (SSSR count). The molecular formula is C21H28N2O3. The van der Waals surface area contributed by atoms with Crippen LogP contribution in [0.5, 0.6) is 0 Å². The number of carbonyl (C=O) groups excluding carboxylic acids is 2. The van der Waals surface area contributed by atoms with Crippen LogP contribution in [0.2, 0.25) is 0 Å². The molecule has 1 aliphatic heterocycles. The fourth-order valence-corrected chi connectivity index (χ4v) is 3.91.